The quantitative estimate of drug-likeness (QED) is 0.759. The number of hydrogen-bond acceptors (Lipinski definition) is 3. The molecule has 0 fully saturated rings. The lowest BCUT2D eigenvalue weighted by Gasteiger charge is -2.15. The van der Waals surface area contributed by atoms with E-state index in [1.807, 2.05) is 11.7 Å². The van der Waals surface area contributed by atoms with Gasteiger partial charge in [-0.2, -0.15) is 5.10 Å². The van der Waals surface area contributed by atoms with Gasteiger partial charge in [0.15, 0.2) is 0 Å². The van der Waals surface area contributed by atoms with Gasteiger partial charge in [0.1, 0.15) is 0 Å². The maximum atomic E-state index is 5.52. The monoisotopic (exact) mass is 240 g/mol. The first kappa shape index (κ1) is 13.1. The molecule has 1 aromatic heterocycles. The molecule has 0 radical (unpaired) electrons. The minimum atomic E-state index is 0.528. The van der Waals surface area contributed by atoms with Crippen LogP contribution in [0.2, 0.25) is 0 Å². The lowest BCUT2D eigenvalue weighted by molar-refractivity contribution is 0.358. The average molecular weight is 240 g/mol. The van der Waals surface area contributed by atoms with E-state index in [1.165, 1.54) is 5.69 Å². The van der Waals surface area contributed by atoms with Crippen LogP contribution in [-0.2, 0) is 19.5 Å². The first-order valence-electron chi connectivity index (χ1n) is 5.59. The normalized spacial score (nSPS) is 11.0. The summed E-state index contributed by atoms with van der Waals surface area (Å²) in [5, 5.41) is 4.51. The molecule has 0 saturated carbocycles. The van der Waals surface area contributed by atoms with Gasteiger partial charge in [-0.05, 0) is 26.5 Å². The third kappa shape index (κ3) is 3.57. The Morgan fingerprint density at radius 1 is 1.56 bits per heavy atom. The summed E-state index contributed by atoms with van der Waals surface area (Å²) in [6.07, 6.45) is 0.971. The zero-order valence-corrected chi connectivity index (χ0v) is 11.0. The van der Waals surface area contributed by atoms with Crippen molar-refractivity contribution in [3.8, 4) is 0 Å². The summed E-state index contributed by atoms with van der Waals surface area (Å²) in [6, 6.07) is 2.15. The number of thiocarbonyl (C=S) groups is 1. The van der Waals surface area contributed by atoms with Gasteiger partial charge in [-0.15, -0.1) is 0 Å². The summed E-state index contributed by atoms with van der Waals surface area (Å²) in [7, 11) is 2.01. The minimum absolute atomic E-state index is 0.528. The van der Waals surface area contributed by atoms with Crippen molar-refractivity contribution in [3.63, 3.8) is 0 Å². The largest absolute Gasteiger partial charge is 0.392 e. The number of nitrogens with two attached hydrogens (primary N) is 1. The maximum absolute atomic E-state index is 5.52. The van der Waals surface area contributed by atoms with E-state index in [2.05, 4.69) is 29.9 Å². The van der Waals surface area contributed by atoms with Gasteiger partial charge in [0.25, 0.3) is 0 Å². The SMILES string of the molecule is CCc1cc(CN(C)CC(N)=S)n(CC)n1. The van der Waals surface area contributed by atoms with Crippen LogP contribution in [-0.4, -0.2) is 33.3 Å². The number of hydrogen-bond donors (Lipinski definition) is 1. The summed E-state index contributed by atoms with van der Waals surface area (Å²) in [5.41, 5.74) is 7.88. The molecule has 0 spiro atoms. The molecule has 0 bridgehead atoms. The van der Waals surface area contributed by atoms with Crippen LogP contribution in [0, 0.1) is 0 Å². The van der Waals surface area contributed by atoms with Crippen LogP contribution < -0.4 is 5.73 Å². The van der Waals surface area contributed by atoms with Crippen LogP contribution in [0.4, 0.5) is 0 Å². The lowest BCUT2D eigenvalue weighted by Crippen LogP contribution is -2.29. The zero-order chi connectivity index (χ0) is 12.1. The smallest absolute Gasteiger partial charge is 0.0870 e. The zero-order valence-electron chi connectivity index (χ0n) is 10.2. The predicted molar refractivity (Wildman–Crippen MR) is 70.4 cm³/mol. The molecule has 90 valence electrons. The van der Waals surface area contributed by atoms with Crippen LogP contribution in [0.15, 0.2) is 6.07 Å². The highest BCUT2D eigenvalue weighted by atomic mass is 32.1. The van der Waals surface area contributed by atoms with Crippen molar-refractivity contribution >= 4 is 17.2 Å². The van der Waals surface area contributed by atoms with Gasteiger partial charge in [0.05, 0.1) is 16.4 Å². The lowest BCUT2D eigenvalue weighted by atomic mass is 10.3. The second kappa shape index (κ2) is 5.96. The van der Waals surface area contributed by atoms with E-state index in [-0.39, 0.29) is 0 Å². The molecule has 1 rings (SSSR count). The molecule has 0 aliphatic carbocycles. The molecule has 5 heteroatoms. The number of likely N-dealkylation sites (N-methyl/N-ethyl adjacent to an activating group) is 1. The standard InChI is InChI=1S/C11H20N4S/c1-4-9-6-10(15(5-2)13-9)7-14(3)8-11(12)16/h6H,4-5,7-8H2,1-3H3,(H2,12,16). The summed E-state index contributed by atoms with van der Waals surface area (Å²) < 4.78 is 2.04. The van der Waals surface area contributed by atoms with Crippen LogP contribution in [0.3, 0.4) is 0 Å². The Kier molecular flexibility index (Phi) is 4.89. The van der Waals surface area contributed by atoms with Crippen LogP contribution in [0.1, 0.15) is 25.2 Å². The second-order valence-electron chi connectivity index (χ2n) is 3.93. The molecule has 1 heterocycles. The summed E-state index contributed by atoms with van der Waals surface area (Å²) in [6.45, 7) is 6.59. The fourth-order valence-electron chi connectivity index (χ4n) is 1.69. The molecular formula is C11H20N4S. The molecule has 0 saturated heterocycles. The van der Waals surface area contributed by atoms with Gasteiger partial charge in [0.2, 0.25) is 0 Å². The van der Waals surface area contributed by atoms with E-state index >= 15 is 0 Å². The second-order valence-corrected chi connectivity index (χ2v) is 4.46. The highest BCUT2D eigenvalue weighted by molar-refractivity contribution is 7.80. The minimum Gasteiger partial charge on any atom is -0.392 e. The van der Waals surface area contributed by atoms with E-state index in [0.717, 1.165) is 25.2 Å². The molecule has 16 heavy (non-hydrogen) atoms. The fraction of sp³-hybridized carbons (Fsp3) is 0.636. The van der Waals surface area contributed by atoms with Crippen LogP contribution in [0.5, 0.6) is 0 Å². The molecule has 0 unspecified atom stereocenters. The highest BCUT2D eigenvalue weighted by Crippen LogP contribution is 2.08. The maximum Gasteiger partial charge on any atom is 0.0870 e. The molecule has 2 N–H and O–H groups in total. The molecule has 0 amide bonds. The third-order valence-electron chi connectivity index (χ3n) is 2.43. The van der Waals surface area contributed by atoms with Crippen molar-refractivity contribution in [2.75, 3.05) is 13.6 Å². The van der Waals surface area contributed by atoms with Gasteiger partial charge in [-0.3, -0.25) is 9.58 Å². The van der Waals surface area contributed by atoms with E-state index in [9.17, 15) is 0 Å². The molecule has 0 aromatic carbocycles. The van der Waals surface area contributed by atoms with E-state index in [1.54, 1.807) is 0 Å². The third-order valence-corrected chi connectivity index (χ3v) is 2.56. The van der Waals surface area contributed by atoms with Gasteiger partial charge in [-0.1, -0.05) is 19.1 Å². The molecular weight excluding hydrogens is 220 g/mol. The first-order chi connectivity index (χ1) is 7.56. The summed E-state index contributed by atoms with van der Waals surface area (Å²) in [4.78, 5) is 2.63. The topological polar surface area (TPSA) is 47.1 Å². The Bertz CT molecular complexity index is 359. The van der Waals surface area contributed by atoms with Gasteiger partial charge < -0.3 is 5.73 Å². The van der Waals surface area contributed by atoms with Crippen LogP contribution in [0.25, 0.3) is 0 Å². The van der Waals surface area contributed by atoms with Crippen molar-refractivity contribution in [3.05, 3.63) is 17.5 Å². The molecule has 1 aromatic rings. The molecule has 0 aliphatic rings. The number of nitrogens with zero attached hydrogens (tertiary/aromatic N) is 3. The van der Waals surface area contributed by atoms with Crippen LogP contribution >= 0.6 is 12.2 Å². The van der Waals surface area contributed by atoms with Crippen molar-refractivity contribution in [1.82, 2.24) is 14.7 Å². The van der Waals surface area contributed by atoms with Gasteiger partial charge >= 0.3 is 0 Å². The van der Waals surface area contributed by atoms with Crippen molar-refractivity contribution in [2.45, 2.75) is 33.4 Å². The first-order valence-corrected chi connectivity index (χ1v) is 6.00. The Balaban J connectivity index is 2.71. The van der Waals surface area contributed by atoms with Crippen molar-refractivity contribution in [1.29, 1.82) is 0 Å². The molecule has 0 atom stereocenters. The van der Waals surface area contributed by atoms with Crippen molar-refractivity contribution < 1.29 is 0 Å². The Labute approximate surface area is 102 Å². The Hall–Kier alpha value is -0.940. The highest BCUT2D eigenvalue weighted by Gasteiger charge is 2.08. The van der Waals surface area contributed by atoms with E-state index in [0.29, 0.717) is 11.5 Å². The van der Waals surface area contributed by atoms with Gasteiger partial charge in [-0.25, -0.2) is 0 Å². The van der Waals surface area contributed by atoms with E-state index < -0.39 is 0 Å². The average Bonchev–Trinajstić information content (AvgIpc) is 2.59. The van der Waals surface area contributed by atoms with Gasteiger partial charge in [0, 0.05) is 19.6 Å². The summed E-state index contributed by atoms with van der Waals surface area (Å²) in [5.74, 6) is 0. The fourth-order valence-corrected chi connectivity index (χ4v) is 1.91. The van der Waals surface area contributed by atoms with Crippen molar-refractivity contribution in [2.24, 2.45) is 5.73 Å². The Morgan fingerprint density at radius 3 is 2.75 bits per heavy atom. The number of aromatic nitrogens is 2. The molecule has 0 aliphatic heterocycles. The number of aryl methyl sites for hydroxylation is 2. The number of rotatable bonds is 6. The van der Waals surface area contributed by atoms with E-state index in [4.69, 9.17) is 18.0 Å². The molecule has 4 nitrogen and oxygen atoms in total. The predicted octanol–water partition coefficient (Wildman–Crippen LogP) is 1.18. The Morgan fingerprint density at radius 2 is 2.25 bits per heavy atom. The summed E-state index contributed by atoms with van der Waals surface area (Å²) >= 11 is 4.89.